The molecule has 56 valence electrons. The van der Waals surface area contributed by atoms with Crippen LogP contribution in [0.15, 0.2) is 18.2 Å². The molecule has 1 nitrogen and oxygen atoms in total. The lowest BCUT2D eigenvalue weighted by Gasteiger charge is -1.88. The average Bonchev–Trinajstić information content (AvgIpc) is 2.27. The molecule has 3 heteroatoms. The highest BCUT2D eigenvalue weighted by Gasteiger charge is 1.98. The van der Waals surface area contributed by atoms with Gasteiger partial charge in [-0.15, -0.1) is 20.6 Å². The number of nitrogens with zero attached hydrogens (tertiary/aromatic N) is 1. The van der Waals surface area contributed by atoms with Gasteiger partial charge in [0.2, 0.25) is 0 Å². The Morgan fingerprint density at radius 1 is 1.45 bits per heavy atom. The summed E-state index contributed by atoms with van der Waals surface area (Å²) in [7, 11) is 2.68. The first-order chi connectivity index (χ1) is 5.25. The average molecular weight is 181 g/mol. The number of thiazole rings is 1. The van der Waals surface area contributed by atoms with E-state index in [0.717, 1.165) is 10.5 Å². The maximum absolute atomic E-state index is 4.38. The SMILES string of the molecule is Cc1nc2cc(P)ccc2s1. The van der Waals surface area contributed by atoms with E-state index in [0.29, 0.717) is 0 Å². The molecule has 0 fully saturated rings. The van der Waals surface area contributed by atoms with Gasteiger partial charge in [-0.05, 0) is 24.4 Å². The highest BCUT2D eigenvalue weighted by molar-refractivity contribution is 7.27. The van der Waals surface area contributed by atoms with Crippen LogP contribution in [0.25, 0.3) is 10.2 Å². The topological polar surface area (TPSA) is 12.9 Å². The second-order valence-electron chi connectivity index (χ2n) is 2.46. The molecule has 1 aromatic heterocycles. The summed E-state index contributed by atoms with van der Waals surface area (Å²) >= 11 is 1.74. The van der Waals surface area contributed by atoms with E-state index in [1.54, 1.807) is 11.3 Å². The molecule has 0 amide bonds. The second-order valence-corrected chi connectivity index (χ2v) is 4.36. The van der Waals surface area contributed by atoms with Gasteiger partial charge in [0.25, 0.3) is 0 Å². The van der Waals surface area contributed by atoms with Crippen molar-refractivity contribution in [3.8, 4) is 0 Å². The Kier molecular flexibility index (Phi) is 1.67. The Morgan fingerprint density at radius 2 is 2.27 bits per heavy atom. The predicted molar refractivity (Wildman–Crippen MR) is 53.7 cm³/mol. The highest BCUT2D eigenvalue weighted by atomic mass is 32.1. The number of aryl methyl sites for hydroxylation is 1. The van der Waals surface area contributed by atoms with E-state index in [1.807, 2.05) is 6.92 Å². The molecule has 0 bridgehead atoms. The minimum atomic E-state index is 1.11. The lowest BCUT2D eigenvalue weighted by molar-refractivity contribution is 1.35. The van der Waals surface area contributed by atoms with Crippen molar-refractivity contribution >= 4 is 36.1 Å². The molecule has 0 aliphatic heterocycles. The fraction of sp³-hybridized carbons (Fsp3) is 0.125. The molecule has 0 saturated carbocycles. The van der Waals surface area contributed by atoms with E-state index < -0.39 is 0 Å². The number of aromatic nitrogens is 1. The number of rotatable bonds is 0. The van der Waals surface area contributed by atoms with Crippen LogP contribution < -0.4 is 5.30 Å². The van der Waals surface area contributed by atoms with E-state index in [1.165, 1.54) is 10.0 Å². The van der Waals surface area contributed by atoms with E-state index in [4.69, 9.17) is 0 Å². The molecule has 0 spiro atoms. The molecule has 2 rings (SSSR count). The van der Waals surface area contributed by atoms with Crippen LogP contribution in [-0.2, 0) is 0 Å². The predicted octanol–water partition coefficient (Wildman–Crippen LogP) is 2.11. The lowest BCUT2D eigenvalue weighted by Crippen LogP contribution is -1.86. The molecule has 0 aliphatic carbocycles. The van der Waals surface area contributed by atoms with Gasteiger partial charge >= 0.3 is 0 Å². The van der Waals surface area contributed by atoms with Gasteiger partial charge in [-0.3, -0.25) is 0 Å². The molecule has 0 N–H and O–H groups in total. The summed E-state index contributed by atoms with van der Waals surface area (Å²) in [5.41, 5.74) is 1.11. The zero-order chi connectivity index (χ0) is 7.84. The molecule has 0 aliphatic rings. The van der Waals surface area contributed by atoms with Crippen LogP contribution in [0.1, 0.15) is 5.01 Å². The van der Waals surface area contributed by atoms with Crippen molar-refractivity contribution in [3.63, 3.8) is 0 Å². The van der Waals surface area contributed by atoms with E-state index in [9.17, 15) is 0 Å². The summed E-state index contributed by atoms with van der Waals surface area (Å²) in [5, 5.41) is 2.33. The van der Waals surface area contributed by atoms with Gasteiger partial charge in [0.1, 0.15) is 0 Å². The number of hydrogen-bond acceptors (Lipinski definition) is 2. The summed E-state index contributed by atoms with van der Waals surface area (Å²) in [4.78, 5) is 4.38. The maximum atomic E-state index is 4.38. The van der Waals surface area contributed by atoms with E-state index in [2.05, 4.69) is 32.4 Å². The van der Waals surface area contributed by atoms with Crippen LogP contribution in [0.3, 0.4) is 0 Å². The van der Waals surface area contributed by atoms with Crippen molar-refractivity contribution in [2.75, 3.05) is 0 Å². The molecular formula is C8H8NPS. The number of hydrogen-bond donors (Lipinski definition) is 0. The van der Waals surface area contributed by atoms with Crippen LogP contribution in [0.4, 0.5) is 0 Å². The fourth-order valence-corrected chi connectivity index (χ4v) is 2.12. The quantitative estimate of drug-likeness (QED) is 0.567. The van der Waals surface area contributed by atoms with Crippen molar-refractivity contribution in [3.05, 3.63) is 23.2 Å². The highest BCUT2D eigenvalue weighted by Crippen LogP contribution is 2.20. The summed E-state index contributed by atoms with van der Waals surface area (Å²) in [5.74, 6) is 0. The van der Waals surface area contributed by atoms with Crippen LogP contribution in [0.2, 0.25) is 0 Å². The maximum Gasteiger partial charge on any atom is 0.0907 e. The Balaban J connectivity index is 2.82. The Hall–Kier alpha value is -0.460. The first-order valence-corrected chi connectivity index (χ1v) is 4.78. The molecule has 0 saturated heterocycles. The van der Waals surface area contributed by atoms with Crippen LogP contribution in [-0.4, -0.2) is 4.98 Å². The molecule has 1 unspecified atom stereocenters. The second kappa shape index (κ2) is 2.54. The minimum absolute atomic E-state index is 1.11. The van der Waals surface area contributed by atoms with Gasteiger partial charge in [-0.1, -0.05) is 6.07 Å². The van der Waals surface area contributed by atoms with Crippen molar-refractivity contribution < 1.29 is 0 Å². The third-order valence-corrected chi connectivity index (χ3v) is 2.83. The first kappa shape index (κ1) is 7.20. The van der Waals surface area contributed by atoms with Crippen molar-refractivity contribution in [2.24, 2.45) is 0 Å². The Bertz CT molecular complexity index is 394. The largest absolute Gasteiger partial charge is 0.241 e. The summed E-state index contributed by atoms with van der Waals surface area (Å²) in [6, 6.07) is 6.29. The summed E-state index contributed by atoms with van der Waals surface area (Å²) in [6.45, 7) is 2.03. The van der Waals surface area contributed by atoms with Gasteiger partial charge in [0.05, 0.1) is 15.2 Å². The third-order valence-electron chi connectivity index (χ3n) is 1.52. The third kappa shape index (κ3) is 1.29. The molecular weight excluding hydrogens is 173 g/mol. The van der Waals surface area contributed by atoms with Crippen LogP contribution >= 0.6 is 20.6 Å². The normalized spacial score (nSPS) is 10.7. The molecule has 1 heterocycles. The van der Waals surface area contributed by atoms with Crippen LogP contribution in [0, 0.1) is 6.92 Å². The lowest BCUT2D eigenvalue weighted by atomic mass is 10.3. The van der Waals surface area contributed by atoms with Gasteiger partial charge in [0, 0.05) is 0 Å². The van der Waals surface area contributed by atoms with Gasteiger partial charge in [-0.2, -0.15) is 0 Å². The van der Waals surface area contributed by atoms with Crippen molar-refractivity contribution in [2.45, 2.75) is 6.92 Å². The van der Waals surface area contributed by atoms with E-state index in [-0.39, 0.29) is 0 Å². The Labute approximate surface area is 71.7 Å². The standard InChI is InChI=1S/C8H8NPS/c1-5-9-7-4-6(10)2-3-8(7)11-5/h2-4H,10H2,1H3. The van der Waals surface area contributed by atoms with Gasteiger partial charge in [0.15, 0.2) is 0 Å². The number of benzene rings is 1. The Morgan fingerprint density at radius 3 is 3.09 bits per heavy atom. The molecule has 2 aromatic rings. The monoisotopic (exact) mass is 181 g/mol. The first-order valence-electron chi connectivity index (χ1n) is 3.38. The smallest absolute Gasteiger partial charge is 0.0907 e. The van der Waals surface area contributed by atoms with Gasteiger partial charge < -0.3 is 0 Å². The minimum Gasteiger partial charge on any atom is -0.241 e. The number of fused-ring (bicyclic) bond motifs is 1. The summed E-state index contributed by atoms with van der Waals surface area (Å²) in [6.07, 6.45) is 0. The van der Waals surface area contributed by atoms with E-state index >= 15 is 0 Å². The zero-order valence-corrected chi connectivity index (χ0v) is 8.14. The fourth-order valence-electron chi connectivity index (χ4n) is 1.06. The van der Waals surface area contributed by atoms with Crippen molar-refractivity contribution in [1.82, 2.24) is 4.98 Å². The zero-order valence-electron chi connectivity index (χ0n) is 6.16. The molecule has 0 radical (unpaired) electrons. The molecule has 11 heavy (non-hydrogen) atoms. The van der Waals surface area contributed by atoms with Crippen LogP contribution in [0.5, 0.6) is 0 Å². The molecule has 1 atom stereocenters. The summed E-state index contributed by atoms with van der Waals surface area (Å²) < 4.78 is 1.27. The van der Waals surface area contributed by atoms with Crippen molar-refractivity contribution in [1.29, 1.82) is 0 Å². The molecule has 1 aromatic carbocycles. The van der Waals surface area contributed by atoms with Gasteiger partial charge in [-0.25, -0.2) is 4.98 Å².